The van der Waals surface area contributed by atoms with E-state index in [9.17, 15) is 9.59 Å². The van der Waals surface area contributed by atoms with Crippen molar-refractivity contribution in [2.75, 3.05) is 11.9 Å². The molecule has 1 rings (SSSR count). The van der Waals surface area contributed by atoms with Crippen LogP contribution in [0.15, 0.2) is 24.3 Å². The van der Waals surface area contributed by atoms with E-state index in [1.54, 1.807) is 24.3 Å². The van der Waals surface area contributed by atoms with Crippen LogP contribution in [0.25, 0.3) is 0 Å². The van der Waals surface area contributed by atoms with Crippen LogP contribution < -0.4 is 16.0 Å². The SMILES string of the molecule is CCC(C)NC(=O)c1cccc(NC(=O)CNC(C)C)c1. The van der Waals surface area contributed by atoms with Crippen LogP contribution in [0.3, 0.4) is 0 Å². The van der Waals surface area contributed by atoms with Gasteiger partial charge in [-0.15, -0.1) is 0 Å². The van der Waals surface area contributed by atoms with E-state index in [0.29, 0.717) is 11.3 Å². The summed E-state index contributed by atoms with van der Waals surface area (Å²) in [4.78, 5) is 23.8. The minimum atomic E-state index is -0.124. The first-order valence-electron chi connectivity index (χ1n) is 7.36. The predicted molar refractivity (Wildman–Crippen MR) is 85.4 cm³/mol. The van der Waals surface area contributed by atoms with Gasteiger partial charge in [0.05, 0.1) is 6.54 Å². The molecule has 0 bridgehead atoms. The average Bonchev–Trinajstić information content (AvgIpc) is 2.45. The van der Waals surface area contributed by atoms with E-state index in [0.717, 1.165) is 6.42 Å². The summed E-state index contributed by atoms with van der Waals surface area (Å²) in [7, 11) is 0. The number of rotatable bonds is 7. The molecule has 0 spiro atoms. The lowest BCUT2D eigenvalue weighted by Gasteiger charge is -2.12. The molecule has 1 aromatic carbocycles. The van der Waals surface area contributed by atoms with E-state index in [-0.39, 0.29) is 30.4 Å². The highest BCUT2D eigenvalue weighted by Gasteiger charge is 2.10. The lowest BCUT2D eigenvalue weighted by Crippen LogP contribution is -2.33. The van der Waals surface area contributed by atoms with Gasteiger partial charge in [0, 0.05) is 23.3 Å². The predicted octanol–water partition coefficient (Wildman–Crippen LogP) is 2.15. The molecule has 3 N–H and O–H groups in total. The van der Waals surface area contributed by atoms with Crippen molar-refractivity contribution in [1.29, 1.82) is 0 Å². The van der Waals surface area contributed by atoms with E-state index < -0.39 is 0 Å². The van der Waals surface area contributed by atoms with Crippen molar-refractivity contribution in [2.24, 2.45) is 0 Å². The fourth-order valence-electron chi connectivity index (χ4n) is 1.65. The van der Waals surface area contributed by atoms with Gasteiger partial charge in [-0.05, 0) is 31.5 Å². The summed E-state index contributed by atoms with van der Waals surface area (Å²) in [5, 5.41) is 8.73. The first-order valence-corrected chi connectivity index (χ1v) is 7.36. The van der Waals surface area contributed by atoms with Crippen LogP contribution in [-0.2, 0) is 4.79 Å². The van der Waals surface area contributed by atoms with Crippen LogP contribution >= 0.6 is 0 Å². The molecule has 5 nitrogen and oxygen atoms in total. The number of nitrogens with one attached hydrogen (secondary N) is 3. The second kappa shape index (κ2) is 8.42. The van der Waals surface area contributed by atoms with Crippen LogP contribution in [0.2, 0.25) is 0 Å². The molecule has 0 saturated heterocycles. The molecule has 0 aromatic heterocycles. The summed E-state index contributed by atoms with van der Waals surface area (Å²) in [5.74, 6) is -0.246. The van der Waals surface area contributed by atoms with Crippen LogP contribution in [0, 0.1) is 0 Å². The highest BCUT2D eigenvalue weighted by molar-refractivity contribution is 5.97. The Balaban J connectivity index is 2.63. The van der Waals surface area contributed by atoms with Gasteiger partial charge in [-0.25, -0.2) is 0 Å². The molecule has 0 aliphatic rings. The van der Waals surface area contributed by atoms with E-state index in [1.807, 2.05) is 27.7 Å². The van der Waals surface area contributed by atoms with Crippen molar-refractivity contribution < 1.29 is 9.59 Å². The van der Waals surface area contributed by atoms with Gasteiger partial charge < -0.3 is 16.0 Å². The molecule has 21 heavy (non-hydrogen) atoms. The highest BCUT2D eigenvalue weighted by Crippen LogP contribution is 2.11. The molecule has 0 aliphatic heterocycles. The Morgan fingerprint density at radius 3 is 2.52 bits per heavy atom. The largest absolute Gasteiger partial charge is 0.350 e. The maximum absolute atomic E-state index is 12.0. The Bertz CT molecular complexity index is 486. The maximum Gasteiger partial charge on any atom is 0.251 e. The summed E-state index contributed by atoms with van der Waals surface area (Å²) in [6, 6.07) is 7.34. The minimum absolute atomic E-state index is 0.122. The molecule has 0 saturated carbocycles. The zero-order valence-electron chi connectivity index (χ0n) is 13.2. The van der Waals surface area contributed by atoms with Crippen molar-refractivity contribution in [3.05, 3.63) is 29.8 Å². The molecule has 5 heteroatoms. The Morgan fingerprint density at radius 2 is 1.90 bits per heavy atom. The van der Waals surface area contributed by atoms with Crippen molar-refractivity contribution >= 4 is 17.5 Å². The minimum Gasteiger partial charge on any atom is -0.350 e. The molecular weight excluding hydrogens is 266 g/mol. The fraction of sp³-hybridized carbons (Fsp3) is 0.500. The quantitative estimate of drug-likeness (QED) is 0.721. The Kier molecular flexibility index (Phi) is 6.88. The zero-order valence-corrected chi connectivity index (χ0v) is 13.2. The molecule has 1 atom stereocenters. The normalized spacial score (nSPS) is 12.0. The zero-order chi connectivity index (χ0) is 15.8. The lowest BCUT2D eigenvalue weighted by molar-refractivity contribution is -0.115. The van der Waals surface area contributed by atoms with E-state index >= 15 is 0 Å². The molecular formula is C16H25N3O2. The number of benzene rings is 1. The van der Waals surface area contributed by atoms with Crippen LogP contribution in [0.4, 0.5) is 5.69 Å². The monoisotopic (exact) mass is 291 g/mol. The third kappa shape index (κ3) is 6.40. The summed E-state index contributed by atoms with van der Waals surface area (Å²) >= 11 is 0. The van der Waals surface area contributed by atoms with Gasteiger partial charge >= 0.3 is 0 Å². The van der Waals surface area contributed by atoms with Crippen molar-refractivity contribution in [3.63, 3.8) is 0 Å². The first-order chi connectivity index (χ1) is 9.92. The number of anilines is 1. The molecule has 0 aliphatic carbocycles. The summed E-state index contributed by atoms with van der Waals surface area (Å²) in [5.41, 5.74) is 1.17. The van der Waals surface area contributed by atoms with Gasteiger partial charge in [0.25, 0.3) is 5.91 Å². The summed E-state index contributed by atoms with van der Waals surface area (Å²) < 4.78 is 0. The van der Waals surface area contributed by atoms with E-state index in [2.05, 4.69) is 16.0 Å². The van der Waals surface area contributed by atoms with Gasteiger partial charge in [-0.1, -0.05) is 26.8 Å². The van der Waals surface area contributed by atoms with Crippen LogP contribution in [-0.4, -0.2) is 30.4 Å². The van der Waals surface area contributed by atoms with Gasteiger partial charge in [0.1, 0.15) is 0 Å². The number of carbonyl (C=O) groups excluding carboxylic acids is 2. The number of amides is 2. The maximum atomic E-state index is 12.0. The summed E-state index contributed by atoms with van der Waals surface area (Å²) in [6.07, 6.45) is 0.878. The van der Waals surface area contributed by atoms with Gasteiger partial charge in [0.2, 0.25) is 5.91 Å². The second-order valence-electron chi connectivity index (χ2n) is 5.45. The van der Waals surface area contributed by atoms with Gasteiger partial charge in [0.15, 0.2) is 0 Å². The number of hydrogen-bond donors (Lipinski definition) is 3. The van der Waals surface area contributed by atoms with Crippen molar-refractivity contribution in [1.82, 2.24) is 10.6 Å². The second-order valence-corrected chi connectivity index (χ2v) is 5.45. The van der Waals surface area contributed by atoms with Gasteiger partial charge in [-0.3, -0.25) is 9.59 Å². The third-order valence-electron chi connectivity index (χ3n) is 3.07. The third-order valence-corrected chi connectivity index (χ3v) is 3.07. The lowest BCUT2D eigenvalue weighted by atomic mass is 10.1. The molecule has 0 heterocycles. The molecule has 116 valence electrons. The van der Waals surface area contributed by atoms with Gasteiger partial charge in [-0.2, -0.15) is 0 Å². The number of hydrogen-bond acceptors (Lipinski definition) is 3. The van der Waals surface area contributed by atoms with Crippen molar-refractivity contribution in [3.8, 4) is 0 Å². The van der Waals surface area contributed by atoms with E-state index in [1.165, 1.54) is 0 Å². The first kappa shape index (κ1) is 17.2. The average molecular weight is 291 g/mol. The van der Waals surface area contributed by atoms with Crippen LogP contribution in [0.5, 0.6) is 0 Å². The standard InChI is InChI=1S/C16H25N3O2/c1-5-12(4)18-16(21)13-7-6-8-14(9-13)19-15(20)10-17-11(2)3/h6-9,11-12,17H,5,10H2,1-4H3,(H,18,21)(H,19,20). The summed E-state index contributed by atoms with van der Waals surface area (Å²) in [6.45, 7) is 8.19. The van der Waals surface area contributed by atoms with E-state index in [4.69, 9.17) is 0 Å². The molecule has 2 amide bonds. The Labute approximate surface area is 126 Å². The Morgan fingerprint density at radius 1 is 1.19 bits per heavy atom. The van der Waals surface area contributed by atoms with Crippen molar-refractivity contribution in [2.45, 2.75) is 46.2 Å². The van der Waals surface area contributed by atoms with Crippen LogP contribution in [0.1, 0.15) is 44.5 Å². The topological polar surface area (TPSA) is 70.2 Å². The number of carbonyl (C=O) groups is 2. The molecule has 1 unspecified atom stereocenters. The smallest absolute Gasteiger partial charge is 0.251 e. The molecule has 0 fully saturated rings. The fourth-order valence-corrected chi connectivity index (χ4v) is 1.65. The highest BCUT2D eigenvalue weighted by atomic mass is 16.2. The molecule has 1 aromatic rings. The molecule has 0 radical (unpaired) electrons. The Hall–Kier alpha value is -1.88.